The highest BCUT2D eigenvalue weighted by Gasteiger charge is 2.26. The summed E-state index contributed by atoms with van der Waals surface area (Å²) in [5.74, 6) is -1.45. The first-order valence-corrected chi connectivity index (χ1v) is 9.28. The van der Waals surface area contributed by atoms with Crippen LogP contribution in [-0.2, 0) is 18.4 Å². The lowest BCUT2D eigenvalue weighted by Crippen LogP contribution is -2.31. The third-order valence-electron chi connectivity index (χ3n) is 5.34. The number of halogens is 1. The Hall–Kier alpha value is -3.42. The molecule has 0 radical (unpaired) electrons. The molecule has 29 heavy (non-hydrogen) atoms. The Morgan fingerprint density at radius 2 is 2.03 bits per heavy atom. The Bertz CT molecular complexity index is 1180. The van der Waals surface area contributed by atoms with Gasteiger partial charge in [-0.2, -0.15) is 0 Å². The van der Waals surface area contributed by atoms with E-state index in [2.05, 4.69) is 5.32 Å². The quantitative estimate of drug-likeness (QED) is 0.720. The summed E-state index contributed by atoms with van der Waals surface area (Å²) >= 11 is 0. The predicted molar refractivity (Wildman–Crippen MR) is 104 cm³/mol. The third kappa shape index (κ3) is 3.41. The van der Waals surface area contributed by atoms with Crippen molar-refractivity contribution < 1.29 is 18.4 Å². The van der Waals surface area contributed by atoms with Gasteiger partial charge in [0.15, 0.2) is 5.58 Å². The molecule has 1 aromatic heterocycles. The van der Waals surface area contributed by atoms with Crippen molar-refractivity contribution in [1.29, 1.82) is 0 Å². The largest absolute Gasteiger partial charge is 0.419 e. The van der Waals surface area contributed by atoms with Gasteiger partial charge in [-0.05, 0) is 41.8 Å². The SMILES string of the molecule is CC(=O)N1CCC(NC(=O)c2cccc3c2oc(=O)n3C)c2ccc(F)cc2C1. The molecule has 1 unspecified atom stereocenters. The zero-order valence-corrected chi connectivity index (χ0v) is 16.1. The summed E-state index contributed by atoms with van der Waals surface area (Å²) in [6.45, 7) is 2.19. The van der Waals surface area contributed by atoms with E-state index < -0.39 is 23.5 Å². The van der Waals surface area contributed by atoms with E-state index in [0.29, 0.717) is 24.0 Å². The monoisotopic (exact) mass is 397 g/mol. The zero-order valence-electron chi connectivity index (χ0n) is 16.1. The van der Waals surface area contributed by atoms with Gasteiger partial charge in [0.05, 0.1) is 17.1 Å². The maximum absolute atomic E-state index is 13.8. The van der Waals surface area contributed by atoms with Crippen LogP contribution in [0.5, 0.6) is 0 Å². The van der Waals surface area contributed by atoms with Crippen molar-refractivity contribution in [1.82, 2.24) is 14.8 Å². The van der Waals surface area contributed by atoms with Gasteiger partial charge in [-0.25, -0.2) is 9.18 Å². The number of carbonyl (C=O) groups is 2. The number of hydrogen-bond acceptors (Lipinski definition) is 4. The van der Waals surface area contributed by atoms with Gasteiger partial charge in [-0.3, -0.25) is 14.2 Å². The fraction of sp³-hybridized carbons (Fsp3) is 0.286. The van der Waals surface area contributed by atoms with Crippen LogP contribution in [0.1, 0.15) is 40.9 Å². The second kappa shape index (κ2) is 7.20. The Morgan fingerprint density at radius 1 is 1.24 bits per heavy atom. The molecule has 1 aliphatic rings. The van der Waals surface area contributed by atoms with Crippen LogP contribution >= 0.6 is 0 Å². The Labute approximate surface area is 165 Å². The van der Waals surface area contributed by atoms with E-state index in [4.69, 9.17) is 4.42 Å². The summed E-state index contributed by atoms with van der Waals surface area (Å²) in [4.78, 5) is 38.4. The number of aryl methyl sites for hydroxylation is 1. The van der Waals surface area contributed by atoms with Crippen molar-refractivity contribution in [3.05, 3.63) is 69.5 Å². The minimum atomic E-state index is -0.548. The summed E-state index contributed by atoms with van der Waals surface area (Å²) in [7, 11) is 1.57. The van der Waals surface area contributed by atoms with Crippen molar-refractivity contribution in [3.63, 3.8) is 0 Å². The summed E-state index contributed by atoms with van der Waals surface area (Å²) in [6, 6.07) is 8.94. The van der Waals surface area contributed by atoms with Crippen molar-refractivity contribution >= 4 is 22.9 Å². The number of para-hydroxylation sites is 1. The van der Waals surface area contributed by atoms with Gasteiger partial charge < -0.3 is 14.6 Å². The molecule has 2 amide bonds. The highest BCUT2D eigenvalue weighted by Crippen LogP contribution is 2.28. The van der Waals surface area contributed by atoms with Crippen molar-refractivity contribution in [2.75, 3.05) is 6.54 Å². The molecule has 0 aliphatic carbocycles. The lowest BCUT2D eigenvalue weighted by molar-refractivity contribution is -0.129. The number of oxazole rings is 1. The van der Waals surface area contributed by atoms with Crippen LogP contribution in [0, 0.1) is 5.82 Å². The molecule has 1 atom stereocenters. The van der Waals surface area contributed by atoms with Crippen LogP contribution in [0.25, 0.3) is 11.1 Å². The highest BCUT2D eigenvalue weighted by molar-refractivity contribution is 6.04. The van der Waals surface area contributed by atoms with Crippen LogP contribution < -0.4 is 11.1 Å². The molecule has 0 spiro atoms. The molecule has 1 N–H and O–H groups in total. The first-order chi connectivity index (χ1) is 13.8. The Morgan fingerprint density at radius 3 is 2.79 bits per heavy atom. The number of hydrogen-bond donors (Lipinski definition) is 1. The number of rotatable bonds is 2. The topological polar surface area (TPSA) is 84.6 Å². The number of amides is 2. The highest BCUT2D eigenvalue weighted by atomic mass is 19.1. The Kier molecular flexibility index (Phi) is 4.70. The van der Waals surface area contributed by atoms with Crippen molar-refractivity contribution in [2.24, 2.45) is 7.05 Å². The molecule has 2 aromatic carbocycles. The number of fused-ring (bicyclic) bond motifs is 2. The van der Waals surface area contributed by atoms with E-state index in [1.807, 2.05) is 0 Å². The summed E-state index contributed by atoms with van der Waals surface area (Å²) in [6.07, 6.45) is 0.485. The van der Waals surface area contributed by atoms with Crippen LogP contribution in [0.15, 0.2) is 45.6 Å². The molecule has 7 nitrogen and oxygen atoms in total. The average Bonchev–Trinajstić information content (AvgIpc) is 2.86. The fourth-order valence-corrected chi connectivity index (χ4v) is 3.76. The second-order valence-electron chi connectivity index (χ2n) is 7.18. The molecule has 3 aromatic rings. The van der Waals surface area contributed by atoms with E-state index in [1.54, 1.807) is 36.2 Å². The number of benzene rings is 2. The van der Waals surface area contributed by atoms with Gasteiger partial charge in [0.1, 0.15) is 5.82 Å². The Balaban J connectivity index is 1.69. The smallest absolute Gasteiger partial charge is 0.407 e. The van der Waals surface area contributed by atoms with Crippen LogP contribution in [-0.4, -0.2) is 27.8 Å². The standard InChI is InChI=1S/C21H20FN3O4/c1-12(26)25-9-8-17(15-7-6-14(22)10-13(15)11-25)23-20(27)16-4-3-5-18-19(16)29-21(28)24(18)2/h3-7,10,17H,8-9,11H2,1-2H3,(H,23,27). The minimum Gasteiger partial charge on any atom is -0.407 e. The van der Waals surface area contributed by atoms with Crippen molar-refractivity contribution in [2.45, 2.75) is 25.9 Å². The summed E-state index contributed by atoms with van der Waals surface area (Å²) < 4.78 is 20.4. The van der Waals surface area contributed by atoms with Crippen LogP contribution in [0.2, 0.25) is 0 Å². The number of nitrogens with zero attached hydrogens (tertiary/aromatic N) is 2. The summed E-state index contributed by atoms with van der Waals surface area (Å²) in [5, 5.41) is 2.96. The van der Waals surface area contributed by atoms with E-state index >= 15 is 0 Å². The molecular weight excluding hydrogens is 377 g/mol. The fourth-order valence-electron chi connectivity index (χ4n) is 3.76. The second-order valence-corrected chi connectivity index (χ2v) is 7.18. The van der Waals surface area contributed by atoms with Crippen LogP contribution in [0.3, 0.4) is 0 Å². The first kappa shape index (κ1) is 18.9. The number of aromatic nitrogens is 1. The molecule has 0 fully saturated rings. The number of nitrogens with one attached hydrogen (secondary N) is 1. The normalized spacial score (nSPS) is 16.4. The lowest BCUT2D eigenvalue weighted by atomic mass is 9.98. The maximum Gasteiger partial charge on any atom is 0.419 e. The zero-order chi connectivity index (χ0) is 20.7. The van der Waals surface area contributed by atoms with E-state index in [1.165, 1.54) is 23.6 Å². The molecule has 4 rings (SSSR count). The van der Waals surface area contributed by atoms with Crippen molar-refractivity contribution in [3.8, 4) is 0 Å². The van der Waals surface area contributed by atoms with Gasteiger partial charge in [-0.1, -0.05) is 12.1 Å². The molecule has 1 aliphatic heterocycles. The number of carbonyl (C=O) groups excluding carboxylic acids is 2. The first-order valence-electron chi connectivity index (χ1n) is 9.28. The van der Waals surface area contributed by atoms with Gasteiger partial charge >= 0.3 is 5.76 Å². The summed E-state index contributed by atoms with van der Waals surface area (Å²) in [5.41, 5.74) is 2.42. The predicted octanol–water partition coefficient (Wildman–Crippen LogP) is 2.49. The lowest BCUT2D eigenvalue weighted by Gasteiger charge is -2.19. The molecule has 8 heteroatoms. The molecule has 0 bridgehead atoms. The van der Waals surface area contributed by atoms with Gasteiger partial charge in [0, 0.05) is 27.1 Å². The van der Waals surface area contributed by atoms with E-state index in [9.17, 15) is 18.8 Å². The van der Waals surface area contributed by atoms with Gasteiger partial charge in [-0.15, -0.1) is 0 Å². The van der Waals surface area contributed by atoms with Crippen LogP contribution in [0.4, 0.5) is 4.39 Å². The van der Waals surface area contributed by atoms with Gasteiger partial charge in [0.2, 0.25) is 5.91 Å². The van der Waals surface area contributed by atoms with E-state index in [-0.39, 0.29) is 23.6 Å². The maximum atomic E-state index is 13.8. The molecule has 0 saturated carbocycles. The van der Waals surface area contributed by atoms with E-state index in [0.717, 1.165) is 5.56 Å². The average molecular weight is 397 g/mol. The molecule has 150 valence electrons. The van der Waals surface area contributed by atoms with Gasteiger partial charge in [0.25, 0.3) is 5.91 Å². The molecule has 0 saturated heterocycles. The third-order valence-corrected chi connectivity index (χ3v) is 5.34. The molecule has 2 heterocycles. The molecular formula is C21H20FN3O4. The minimum absolute atomic E-state index is 0.108.